The summed E-state index contributed by atoms with van der Waals surface area (Å²) in [6.45, 7) is 4.59. The zero-order valence-corrected chi connectivity index (χ0v) is 17.0. The maximum atomic E-state index is 12.6. The third-order valence-electron chi connectivity index (χ3n) is 5.11. The predicted octanol–water partition coefficient (Wildman–Crippen LogP) is 1.86. The van der Waals surface area contributed by atoms with Gasteiger partial charge in [-0.25, -0.2) is 15.0 Å². The second-order valence-electron chi connectivity index (χ2n) is 7.02. The molecule has 5 rings (SSSR count). The van der Waals surface area contributed by atoms with Crippen molar-refractivity contribution < 1.29 is 4.79 Å². The van der Waals surface area contributed by atoms with Gasteiger partial charge in [0, 0.05) is 62.8 Å². The Morgan fingerprint density at radius 2 is 1.97 bits per heavy atom. The van der Waals surface area contributed by atoms with E-state index in [4.69, 9.17) is 0 Å². The highest BCUT2D eigenvalue weighted by Crippen LogP contribution is 2.25. The third-order valence-corrected chi connectivity index (χ3v) is 5.89. The van der Waals surface area contributed by atoms with Gasteiger partial charge in [-0.15, -0.1) is 11.3 Å². The van der Waals surface area contributed by atoms with Gasteiger partial charge < -0.3 is 9.80 Å². The Bertz CT molecular complexity index is 1180. The number of carbonyl (C=O) groups excluding carboxylic acids is 1. The largest absolute Gasteiger partial charge is 0.350 e. The maximum Gasteiger partial charge on any atom is 0.273 e. The van der Waals surface area contributed by atoms with Crippen molar-refractivity contribution in [2.24, 2.45) is 7.05 Å². The van der Waals surface area contributed by atoms with E-state index in [9.17, 15) is 4.79 Å². The number of hydrogen-bond donors (Lipinski definition) is 0. The van der Waals surface area contributed by atoms with Gasteiger partial charge in [0.15, 0.2) is 11.5 Å². The van der Waals surface area contributed by atoms with Gasteiger partial charge in [-0.05, 0) is 6.92 Å². The highest BCUT2D eigenvalue weighted by atomic mass is 32.1. The number of rotatable bonds is 3. The molecule has 1 aliphatic rings. The van der Waals surface area contributed by atoms with Crippen molar-refractivity contribution in [3.05, 3.63) is 47.1 Å². The minimum absolute atomic E-state index is 0.000146. The first-order chi connectivity index (χ1) is 14.1. The second-order valence-corrected chi connectivity index (χ2v) is 8.08. The van der Waals surface area contributed by atoms with E-state index in [1.807, 2.05) is 53.4 Å². The topological polar surface area (TPSA) is 84.5 Å². The molecular formula is C19H20N8OS. The molecule has 9 nitrogen and oxygen atoms in total. The lowest BCUT2D eigenvalue weighted by atomic mass is 10.2. The van der Waals surface area contributed by atoms with E-state index in [-0.39, 0.29) is 5.91 Å². The fourth-order valence-electron chi connectivity index (χ4n) is 3.64. The molecule has 0 aromatic carbocycles. The molecule has 1 amide bonds. The third kappa shape index (κ3) is 3.15. The van der Waals surface area contributed by atoms with E-state index in [2.05, 4.69) is 25.0 Å². The zero-order chi connectivity index (χ0) is 20.0. The van der Waals surface area contributed by atoms with Crippen LogP contribution in [0, 0.1) is 6.92 Å². The van der Waals surface area contributed by atoms with Gasteiger partial charge in [0.2, 0.25) is 0 Å². The van der Waals surface area contributed by atoms with Crippen molar-refractivity contribution in [2.45, 2.75) is 6.92 Å². The van der Waals surface area contributed by atoms with Gasteiger partial charge in [0.05, 0.1) is 23.1 Å². The fraction of sp³-hybridized carbons (Fsp3) is 0.316. The Labute approximate surface area is 171 Å². The van der Waals surface area contributed by atoms with E-state index in [1.54, 1.807) is 10.9 Å². The minimum Gasteiger partial charge on any atom is -0.350 e. The molecule has 4 aromatic rings. The molecule has 1 saturated heterocycles. The molecule has 0 spiro atoms. The van der Waals surface area contributed by atoms with Crippen LogP contribution in [-0.2, 0) is 7.05 Å². The summed E-state index contributed by atoms with van der Waals surface area (Å²) in [5.41, 5.74) is 3.33. The van der Waals surface area contributed by atoms with Crippen molar-refractivity contribution in [1.82, 2.24) is 34.0 Å². The SMILES string of the molecule is Cc1nc(C(=O)N2CCN(c3nccn4c(-c5cnn(C)c5)cnc34)CC2)cs1. The summed E-state index contributed by atoms with van der Waals surface area (Å²) in [5, 5.41) is 6.99. The summed E-state index contributed by atoms with van der Waals surface area (Å²) in [4.78, 5) is 30.2. The number of thiazole rings is 1. The fourth-order valence-corrected chi connectivity index (χ4v) is 4.23. The van der Waals surface area contributed by atoms with E-state index in [0.717, 1.165) is 27.7 Å². The number of carbonyl (C=O) groups is 1. The van der Waals surface area contributed by atoms with Gasteiger partial charge in [0.1, 0.15) is 5.69 Å². The summed E-state index contributed by atoms with van der Waals surface area (Å²) in [6.07, 6.45) is 9.35. The summed E-state index contributed by atoms with van der Waals surface area (Å²) in [7, 11) is 1.90. The monoisotopic (exact) mass is 408 g/mol. The van der Waals surface area contributed by atoms with Crippen LogP contribution in [-0.4, -0.2) is 66.1 Å². The molecule has 0 saturated carbocycles. The van der Waals surface area contributed by atoms with E-state index in [0.29, 0.717) is 31.9 Å². The highest BCUT2D eigenvalue weighted by molar-refractivity contribution is 7.09. The smallest absolute Gasteiger partial charge is 0.273 e. The summed E-state index contributed by atoms with van der Waals surface area (Å²) >= 11 is 1.50. The van der Waals surface area contributed by atoms with Crippen LogP contribution >= 0.6 is 11.3 Å². The Morgan fingerprint density at radius 1 is 1.14 bits per heavy atom. The molecule has 1 fully saturated rings. The van der Waals surface area contributed by atoms with Crippen LogP contribution < -0.4 is 4.90 Å². The van der Waals surface area contributed by atoms with Crippen LogP contribution in [0.1, 0.15) is 15.5 Å². The Hall–Kier alpha value is -3.27. The number of fused-ring (bicyclic) bond motifs is 1. The van der Waals surface area contributed by atoms with Crippen LogP contribution in [0.3, 0.4) is 0 Å². The lowest BCUT2D eigenvalue weighted by Gasteiger charge is -2.35. The first-order valence-electron chi connectivity index (χ1n) is 9.37. The Balaban J connectivity index is 1.37. The number of piperazine rings is 1. The molecule has 0 bridgehead atoms. The molecular weight excluding hydrogens is 388 g/mol. The van der Waals surface area contributed by atoms with E-state index >= 15 is 0 Å². The van der Waals surface area contributed by atoms with Crippen molar-refractivity contribution in [1.29, 1.82) is 0 Å². The maximum absolute atomic E-state index is 12.6. The second kappa shape index (κ2) is 6.96. The Kier molecular flexibility index (Phi) is 4.27. The number of hydrogen-bond acceptors (Lipinski definition) is 7. The highest BCUT2D eigenvalue weighted by Gasteiger charge is 2.26. The molecule has 0 unspecified atom stereocenters. The number of imidazole rings is 1. The van der Waals surface area contributed by atoms with Gasteiger partial charge in [-0.2, -0.15) is 5.10 Å². The average Bonchev–Trinajstić information content (AvgIpc) is 3.46. The molecule has 1 aliphatic heterocycles. The summed E-state index contributed by atoms with van der Waals surface area (Å²) < 4.78 is 3.81. The quantitative estimate of drug-likeness (QED) is 0.514. The van der Waals surface area contributed by atoms with Crippen LogP contribution in [0.25, 0.3) is 16.9 Å². The van der Waals surface area contributed by atoms with Crippen molar-refractivity contribution in [2.75, 3.05) is 31.1 Å². The molecule has 148 valence electrons. The number of aromatic nitrogens is 6. The number of nitrogens with zero attached hydrogens (tertiary/aromatic N) is 8. The van der Waals surface area contributed by atoms with Gasteiger partial charge in [0.25, 0.3) is 5.91 Å². The summed E-state index contributed by atoms with van der Waals surface area (Å²) in [5.74, 6) is 0.832. The minimum atomic E-state index is -0.000146. The standard InChI is InChI=1S/C19H20N8OS/c1-13-23-15(12-29-13)19(28)26-7-5-25(6-8-26)17-18-21-10-16(27(18)4-3-20-17)14-9-22-24(2)11-14/h3-4,9-12H,5-8H2,1-2H3. The molecule has 0 N–H and O–H groups in total. The van der Waals surface area contributed by atoms with Crippen LogP contribution in [0.2, 0.25) is 0 Å². The first kappa shape index (κ1) is 17.8. The molecule has 4 aromatic heterocycles. The molecule has 0 aliphatic carbocycles. The normalized spacial score (nSPS) is 14.7. The van der Waals surface area contributed by atoms with Crippen LogP contribution in [0.4, 0.5) is 5.82 Å². The van der Waals surface area contributed by atoms with E-state index in [1.165, 1.54) is 11.3 Å². The van der Waals surface area contributed by atoms with Crippen molar-refractivity contribution >= 4 is 28.7 Å². The molecule has 29 heavy (non-hydrogen) atoms. The van der Waals surface area contributed by atoms with Gasteiger partial charge >= 0.3 is 0 Å². The average molecular weight is 408 g/mol. The lowest BCUT2D eigenvalue weighted by molar-refractivity contribution is 0.0741. The van der Waals surface area contributed by atoms with Crippen molar-refractivity contribution in [3.8, 4) is 11.3 Å². The van der Waals surface area contributed by atoms with Crippen molar-refractivity contribution in [3.63, 3.8) is 0 Å². The number of aryl methyl sites for hydroxylation is 2. The molecule has 0 atom stereocenters. The molecule has 5 heterocycles. The van der Waals surface area contributed by atoms with Gasteiger partial charge in [-0.3, -0.25) is 13.9 Å². The van der Waals surface area contributed by atoms with Crippen LogP contribution in [0.15, 0.2) is 36.4 Å². The number of anilines is 1. The first-order valence-corrected chi connectivity index (χ1v) is 10.3. The van der Waals surface area contributed by atoms with Crippen LogP contribution in [0.5, 0.6) is 0 Å². The van der Waals surface area contributed by atoms with E-state index < -0.39 is 0 Å². The lowest BCUT2D eigenvalue weighted by Crippen LogP contribution is -2.49. The predicted molar refractivity (Wildman–Crippen MR) is 110 cm³/mol. The Morgan fingerprint density at radius 3 is 2.66 bits per heavy atom. The number of amides is 1. The molecule has 0 radical (unpaired) electrons. The van der Waals surface area contributed by atoms with Gasteiger partial charge in [-0.1, -0.05) is 0 Å². The molecule has 10 heteroatoms. The summed E-state index contributed by atoms with van der Waals surface area (Å²) in [6, 6.07) is 0. The zero-order valence-electron chi connectivity index (χ0n) is 16.2.